The number of benzene rings is 2. The monoisotopic (exact) mass is 432 g/mol. The van der Waals surface area contributed by atoms with E-state index in [0.29, 0.717) is 29.1 Å². The van der Waals surface area contributed by atoms with Crippen molar-refractivity contribution in [3.05, 3.63) is 69.0 Å². The molecule has 6 heteroatoms. The first-order valence-electron chi connectivity index (χ1n) is 9.50. The van der Waals surface area contributed by atoms with E-state index in [9.17, 15) is 4.79 Å². The van der Waals surface area contributed by atoms with Crippen LogP contribution in [-0.4, -0.2) is 29.9 Å². The Balaban J connectivity index is 1.33. The summed E-state index contributed by atoms with van der Waals surface area (Å²) >= 11 is 13.8. The van der Waals surface area contributed by atoms with E-state index in [1.54, 1.807) is 11.3 Å². The zero-order valence-corrected chi connectivity index (χ0v) is 17.8. The second kappa shape index (κ2) is 8.83. The number of nitrogens with zero attached hydrogens (tertiary/aromatic N) is 1. The smallest absolute Gasteiger partial charge is 0.224 e. The van der Waals surface area contributed by atoms with Crippen LogP contribution in [0.4, 0.5) is 0 Å². The summed E-state index contributed by atoms with van der Waals surface area (Å²) < 4.78 is 1.23. The van der Waals surface area contributed by atoms with Crippen LogP contribution < -0.4 is 5.32 Å². The SMILES string of the molecule is O=C(Cc1csc2ccccc12)NC[C@@H]1CCCN1Cc1ccc(Cl)c(Cl)c1. The molecular formula is C22H22Cl2N2OS. The van der Waals surface area contributed by atoms with Crippen LogP contribution in [0.1, 0.15) is 24.0 Å². The number of carbonyl (C=O) groups is 1. The van der Waals surface area contributed by atoms with Gasteiger partial charge in [-0.1, -0.05) is 47.5 Å². The summed E-state index contributed by atoms with van der Waals surface area (Å²) in [7, 11) is 0. The van der Waals surface area contributed by atoms with Crippen LogP contribution >= 0.6 is 34.5 Å². The lowest BCUT2D eigenvalue weighted by Crippen LogP contribution is -2.40. The van der Waals surface area contributed by atoms with Gasteiger partial charge in [-0.3, -0.25) is 9.69 Å². The molecule has 28 heavy (non-hydrogen) atoms. The Morgan fingerprint density at radius 3 is 2.89 bits per heavy atom. The third-order valence-electron chi connectivity index (χ3n) is 5.32. The number of halogens is 2. The molecule has 0 saturated carbocycles. The third kappa shape index (κ3) is 4.52. The number of hydrogen-bond donors (Lipinski definition) is 1. The molecule has 1 atom stereocenters. The number of nitrogens with one attached hydrogen (secondary N) is 1. The van der Waals surface area contributed by atoms with Gasteiger partial charge in [0.1, 0.15) is 0 Å². The molecule has 1 aromatic heterocycles. The Morgan fingerprint density at radius 2 is 2.04 bits per heavy atom. The highest BCUT2D eigenvalue weighted by molar-refractivity contribution is 7.17. The van der Waals surface area contributed by atoms with Crippen LogP contribution in [0.25, 0.3) is 10.1 Å². The number of likely N-dealkylation sites (tertiary alicyclic amines) is 1. The molecular weight excluding hydrogens is 411 g/mol. The summed E-state index contributed by atoms with van der Waals surface area (Å²) in [6, 6.07) is 14.4. The zero-order chi connectivity index (χ0) is 19.5. The maximum atomic E-state index is 12.5. The molecule has 0 radical (unpaired) electrons. The summed E-state index contributed by atoms with van der Waals surface area (Å²) in [6.07, 6.45) is 2.68. The number of thiophene rings is 1. The Morgan fingerprint density at radius 1 is 1.18 bits per heavy atom. The molecule has 0 aliphatic carbocycles. The fourth-order valence-corrected chi connectivity index (χ4v) is 5.13. The Kier molecular flexibility index (Phi) is 6.22. The predicted molar refractivity (Wildman–Crippen MR) is 118 cm³/mol. The molecule has 4 rings (SSSR count). The van der Waals surface area contributed by atoms with Gasteiger partial charge in [0.05, 0.1) is 16.5 Å². The minimum Gasteiger partial charge on any atom is -0.354 e. The van der Waals surface area contributed by atoms with Crippen molar-refractivity contribution in [2.45, 2.75) is 31.8 Å². The first kappa shape index (κ1) is 19.7. The third-order valence-corrected chi connectivity index (χ3v) is 7.07. The molecule has 1 saturated heterocycles. The van der Waals surface area contributed by atoms with Gasteiger partial charge in [0, 0.05) is 23.8 Å². The summed E-state index contributed by atoms with van der Waals surface area (Å²) in [5.41, 5.74) is 2.26. The summed E-state index contributed by atoms with van der Waals surface area (Å²) in [6.45, 7) is 2.55. The number of fused-ring (bicyclic) bond motifs is 1. The van der Waals surface area contributed by atoms with E-state index in [2.05, 4.69) is 27.7 Å². The summed E-state index contributed by atoms with van der Waals surface area (Å²) in [5, 5.41) is 7.59. The first-order valence-corrected chi connectivity index (χ1v) is 11.1. The average Bonchev–Trinajstić information content (AvgIpc) is 3.30. The fourth-order valence-electron chi connectivity index (χ4n) is 3.84. The molecule has 0 unspecified atom stereocenters. The quantitative estimate of drug-likeness (QED) is 0.554. The van der Waals surface area contributed by atoms with Gasteiger partial charge >= 0.3 is 0 Å². The molecule has 2 heterocycles. The minimum absolute atomic E-state index is 0.0879. The van der Waals surface area contributed by atoms with E-state index in [-0.39, 0.29) is 5.91 Å². The molecule has 1 aliphatic heterocycles. The van der Waals surface area contributed by atoms with Gasteiger partial charge in [0.2, 0.25) is 5.91 Å². The number of hydrogen-bond acceptors (Lipinski definition) is 3. The zero-order valence-electron chi connectivity index (χ0n) is 15.5. The standard InChI is InChI=1S/C22H22Cl2N2OS/c23-19-8-7-15(10-20(19)24)13-26-9-3-4-17(26)12-25-22(27)11-16-14-28-21-6-2-1-5-18(16)21/h1-2,5-8,10,14,17H,3-4,9,11-13H2,(H,25,27)/t17-/m0/s1. The number of amides is 1. The molecule has 1 aliphatic rings. The van der Waals surface area contributed by atoms with Crippen molar-refractivity contribution in [2.75, 3.05) is 13.1 Å². The van der Waals surface area contributed by atoms with E-state index in [0.717, 1.165) is 37.1 Å². The summed E-state index contributed by atoms with van der Waals surface area (Å²) in [4.78, 5) is 14.9. The van der Waals surface area contributed by atoms with Crippen molar-refractivity contribution < 1.29 is 4.79 Å². The van der Waals surface area contributed by atoms with Crippen molar-refractivity contribution >= 4 is 50.5 Å². The highest BCUT2D eigenvalue weighted by Gasteiger charge is 2.25. The number of rotatable bonds is 6. The van der Waals surface area contributed by atoms with Crippen LogP contribution in [0.15, 0.2) is 47.8 Å². The van der Waals surface area contributed by atoms with Crippen molar-refractivity contribution in [3.8, 4) is 0 Å². The number of carbonyl (C=O) groups excluding carboxylic acids is 1. The Labute approximate surface area is 179 Å². The fraction of sp³-hybridized carbons (Fsp3) is 0.318. The molecule has 3 aromatic rings. The highest BCUT2D eigenvalue weighted by Crippen LogP contribution is 2.27. The van der Waals surface area contributed by atoms with Gasteiger partial charge in [-0.15, -0.1) is 11.3 Å². The maximum Gasteiger partial charge on any atom is 0.224 e. The van der Waals surface area contributed by atoms with Gasteiger partial charge < -0.3 is 5.32 Å². The Bertz CT molecular complexity index is 988. The molecule has 1 fully saturated rings. The highest BCUT2D eigenvalue weighted by atomic mass is 35.5. The van der Waals surface area contributed by atoms with E-state index in [1.165, 1.54) is 10.1 Å². The maximum absolute atomic E-state index is 12.5. The lowest BCUT2D eigenvalue weighted by Gasteiger charge is -2.25. The van der Waals surface area contributed by atoms with Gasteiger partial charge in [0.15, 0.2) is 0 Å². The second-order valence-electron chi connectivity index (χ2n) is 7.25. The summed E-state index contributed by atoms with van der Waals surface area (Å²) in [5.74, 6) is 0.0879. The lowest BCUT2D eigenvalue weighted by atomic mass is 10.1. The molecule has 1 N–H and O–H groups in total. The average molecular weight is 433 g/mol. The van der Waals surface area contributed by atoms with Crippen LogP contribution in [0.2, 0.25) is 10.0 Å². The van der Waals surface area contributed by atoms with Crippen LogP contribution in [0, 0.1) is 0 Å². The molecule has 0 bridgehead atoms. The van der Waals surface area contributed by atoms with E-state index in [1.807, 2.05) is 30.3 Å². The van der Waals surface area contributed by atoms with Gasteiger partial charge in [-0.05, 0) is 59.5 Å². The predicted octanol–water partition coefficient (Wildman–Crippen LogP) is 5.53. The topological polar surface area (TPSA) is 32.3 Å². The molecule has 2 aromatic carbocycles. The van der Waals surface area contributed by atoms with Crippen molar-refractivity contribution in [1.29, 1.82) is 0 Å². The molecule has 3 nitrogen and oxygen atoms in total. The molecule has 146 valence electrons. The lowest BCUT2D eigenvalue weighted by molar-refractivity contribution is -0.120. The molecule has 0 spiro atoms. The largest absolute Gasteiger partial charge is 0.354 e. The normalized spacial score (nSPS) is 17.3. The van der Waals surface area contributed by atoms with Crippen LogP contribution in [0.3, 0.4) is 0 Å². The van der Waals surface area contributed by atoms with Crippen molar-refractivity contribution in [3.63, 3.8) is 0 Å². The van der Waals surface area contributed by atoms with E-state index < -0.39 is 0 Å². The van der Waals surface area contributed by atoms with E-state index >= 15 is 0 Å². The van der Waals surface area contributed by atoms with Crippen molar-refractivity contribution in [1.82, 2.24) is 10.2 Å². The second-order valence-corrected chi connectivity index (χ2v) is 8.98. The van der Waals surface area contributed by atoms with Gasteiger partial charge in [-0.25, -0.2) is 0 Å². The molecule has 1 amide bonds. The van der Waals surface area contributed by atoms with Gasteiger partial charge in [-0.2, -0.15) is 0 Å². The van der Waals surface area contributed by atoms with Crippen molar-refractivity contribution in [2.24, 2.45) is 0 Å². The Hall–Kier alpha value is -1.59. The first-order chi connectivity index (χ1) is 13.6. The van der Waals surface area contributed by atoms with Gasteiger partial charge in [0.25, 0.3) is 0 Å². The van der Waals surface area contributed by atoms with Crippen LogP contribution in [-0.2, 0) is 17.8 Å². The van der Waals surface area contributed by atoms with Crippen LogP contribution in [0.5, 0.6) is 0 Å². The van der Waals surface area contributed by atoms with E-state index in [4.69, 9.17) is 23.2 Å². The minimum atomic E-state index is 0.0879.